The summed E-state index contributed by atoms with van der Waals surface area (Å²) < 4.78 is 4.86. The van der Waals surface area contributed by atoms with E-state index in [9.17, 15) is 4.79 Å². The second-order valence-electron chi connectivity index (χ2n) is 7.32. The molecule has 3 aliphatic rings. The van der Waals surface area contributed by atoms with Crippen molar-refractivity contribution in [3.63, 3.8) is 0 Å². The van der Waals surface area contributed by atoms with Gasteiger partial charge in [0.1, 0.15) is 0 Å². The topological polar surface area (TPSA) is 29.1 Å². The third-order valence-electron chi connectivity index (χ3n) is 6.31. The number of fused-ring (bicyclic) bond motifs is 2. The van der Waals surface area contributed by atoms with Gasteiger partial charge in [-0.2, -0.15) is 0 Å². The van der Waals surface area contributed by atoms with Crippen LogP contribution < -0.4 is 28.6 Å². The summed E-state index contributed by atoms with van der Waals surface area (Å²) in [7, 11) is 0. The van der Waals surface area contributed by atoms with Crippen molar-refractivity contribution < 1.29 is 47.3 Å². The zero-order valence-corrected chi connectivity index (χ0v) is 17.6. The molecule has 2 saturated carbocycles. The van der Waals surface area contributed by atoms with Crippen LogP contribution in [0.1, 0.15) is 53.4 Å². The quantitative estimate of drug-likeness (QED) is 0.542. The maximum Gasteiger partial charge on any atom is -1.00 e. The van der Waals surface area contributed by atoms with Crippen LogP contribution in [0.15, 0.2) is 20.6 Å². The van der Waals surface area contributed by atoms with Gasteiger partial charge >= 0.3 is 135 Å². The van der Waals surface area contributed by atoms with Crippen molar-refractivity contribution in [3.05, 3.63) is 20.6 Å². The third-order valence-corrected chi connectivity index (χ3v) is 9.45. The molecule has 0 saturated heterocycles. The molecule has 3 aliphatic carbocycles. The number of allylic oxidation sites excluding steroid dienone is 4. The first kappa shape index (κ1) is 21.2. The van der Waals surface area contributed by atoms with Crippen LogP contribution in [0.3, 0.4) is 0 Å². The molecular formula is C18H27Cl2NOTi. The number of hydrogen-bond donors (Lipinski definition) is 1. The van der Waals surface area contributed by atoms with Crippen molar-refractivity contribution in [2.45, 2.75) is 53.4 Å². The summed E-state index contributed by atoms with van der Waals surface area (Å²) in [6.07, 6.45) is 5.05. The van der Waals surface area contributed by atoms with Gasteiger partial charge in [0, 0.05) is 0 Å². The Morgan fingerprint density at radius 2 is 1.78 bits per heavy atom. The Balaban J connectivity index is 0.00000132. The van der Waals surface area contributed by atoms with Gasteiger partial charge in [0.15, 0.2) is 0 Å². The normalized spacial score (nSPS) is 31.4. The molecule has 2 bridgehead atoms. The average molecular weight is 392 g/mol. The summed E-state index contributed by atoms with van der Waals surface area (Å²) in [5, 5.41) is 0. The minimum atomic E-state index is -1.90. The van der Waals surface area contributed by atoms with Gasteiger partial charge in [-0.05, 0) is 0 Å². The number of carbonyl (C=O) groups is 1. The van der Waals surface area contributed by atoms with E-state index in [1.807, 2.05) is 0 Å². The molecule has 0 radical (unpaired) electrons. The summed E-state index contributed by atoms with van der Waals surface area (Å²) in [4.78, 5) is 17.0. The van der Waals surface area contributed by atoms with E-state index in [1.54, 1.807) is 0 Å². The average Bonchev–Trinajstić information content (AvgIpc) is 3.11. The van der Waals surface area contributed by atoms with Crippen molar-refractivity contribution in [3.8, 4) is 0 Å². The predicted molar refractivity (Wildman–Crippen MR) is 84.4 cm³/mol. The Kier molecular flexibility index (Phi) is 7.36. The van der Waals surface area contributed by atoms with Gasteiger partial charge in [-0.3, -0.25) is 0 Å². The summed E-state index contributed by atoms with van der Waals surface area (Å²) in [6.45, 7) is 8.91. The maximum absolute atomic E-state index is 12.6. The molecule has 0 aromatic heterocycles. The molecule has 1 amide bonds. The Bertz CT molecular complexity index is 582. The Morgan fingerprint density at radius 3 is 2.22 bits per heavy atom. The maximum atomic E-state index is 12.6. The third kappa shape index (κ3) is 3.71. The van der Waals surface area contributed by atoms with E-state index in [2.05, 4.69) is 36.3 Å². The van der Waals surface area contributed by atoms with E-state index < -0.39 is 17.7 Å². The Labute approximate surface area is 159 Å². The summed E-state index contributed by atoms with van der Waals surface area (Å²) in [6, 6.07) is 0. The molecule has 2 nitrogen and oxygen atoms in total. The van der Waals surface area contributed by atoms with E-state index in [4.69, 9.17) is 0 Å². The summed E-state index contributed by atoms with van der Waals surface area (Å²) >= 11 is -1.90. The zero-order valence-electron chi connectivity index (χ0n) is 14.5. The minimum absolute atomic E-state index is 0. The van der Waals surface area contributed by atoms with Crippen LogP contribution in [0.4, 0.5) is 0 Å². The molecule has 4 unspecified atom stereocenters. The molecule has 0 heterocycles. The van der Waals surface area contributed by atoms with Crippen LogP contribution in [0.25, 0.3) is 0 Å². The zero-order chi connectivity index (χ0) is 15.3. The fraction of sp³-hybridized carbons (Fsp3) is 0.667. The molecule has 1 N–H and O–H groups in total. The minimum Gasteiger partial charge on any atom is -1.00 e. The molecule has 0 aliphatic heterocycles. The van der Waals surface area contributed by atoms with Crippen molar-refractivity contribution in [2.24, 2.45) is 23.7 Å². The van der Waals surface area contributed by atoms with Crippen LogP contribution >= 0.6 is 0 Å². The SMILES string of the molecule is [CH2]=[Ti+2]([NH]C(=O)C1CC2CCC1C2)[C]1=C(C)C(C)=C(C)C1C.[Cl-].[Cl-]. The van der Waals surface area contributed by atoms with Gasteiger partial charge in [0.25, 0.3) is 0 Å². The fourth-order valence-electron chi connectivity index (χ4n) is 4.73. The first-order valence-electron chi connectivity index (χ1n) is 8.28. The van der Waals surface area contributed by atoms with Crippen molar-refractivity contribution in [2.75, 3.05) is 0 Å². The van der Waals surface area contributed by atoms with E-state index in [0.717, 1.165) is 12.3 Å². The summed E-state index contributed by atoms with van der Waals surface area (Å²) in [5.74, 6) is 2.59. The number of rotatable bonds is 3. The van der Waals surface area contributed by atoms with E-state index >= 15 is 0 Å². The second-order valence-corrected chi connectivity index (χ2v) is 10.0. The molecule has 23 heavy (non-hydrogen) atoms. The molecule has 0 aromatic carbocycles. The molecule has 2 fully saturated rings. The molecule has 4 atom stereocenters. The van der Waals surface area contributed by atoms with E-state index in [1.165, 1.54) is 39.9 Å². The van der Waals surface area contributed by atoms with Crippen LogP contribution in [0, 0.1) is 23.7 Å². The van der Waals surface area contributed by atoms with Crippen molar-refractivity contribution in [1.29, 1.82) is 0 Å². The van der Waals surface area contributed by atoms with Gasteiger partial charge < -0.3 is 24.8 Å². The van der Waals surface area contributed by atoms with Crippen molar-refractivity contribution in [1.82, 2.24) is 3.80 Å². The number of hydrogen-bond acceptors (Lipinski definition) is 1. The van der Waals surface area contributed by atoms with Crippen LogP contribution in [-0.4, -0.2) is 10.7 Å². The van der Waals surface area contributed by atoms with Gasteiger partial charge in [-0.25, -0.2) is 0 Å². The van der Waals surface area contributed by atoms with E-state index in [0.29, 0.717) is 23.7 Å². The molecule has 128 valence electrons. The van der Waals surface area contributed by atoms with Crippen LogP contribution in [0.5, 0.6) is 0 Å². The number of carbonyl (C=O) groups excluding carboxylic acids is 1. The van der Waals surface area contributed by atoms with Crippen molar-refractivity contribution >= 4 is 10.7 Å². The fourth-order valence-corrected chi connectivity index (χ4v) is 7.84. The van der Waals surface area contributed by atoms with E-state index in [-0.39, 0.29) is 24.8 Å². The Hall–Kier alpha value is 0.114. The molecule has 0 aromatic rings. The van der Waals surface area contributed by atoms with Gasteiger partial charge in [-0.15, -0.1) is 0 Å². The van der Waals surface area contributed by atoms with Gasteiger partial charge in [0.2, 0.25) is 0 Å². The summed E-state index contributed by atoms with van der Waals surface area (Å²) in [5.41, 5.74) is 4.28. The standard InChI is InChI=1S/C9H13.C8H13NO.CH2.2ClH.Ti/c1-6-5-7(2)9(4)8(6)3;9-8(10)7-4-5-1-2-6(7)3-5;;;;/h6H,1-4H3;5-7H,1-4H2,(H2,9,10);1H2;2*1H;/q;;;;;+3/p-3. The smallest absolute Gasteiger partial charge is 1.00 e. The Morgan fingerprint density at radius 1 is 1.13 bits per heavy atom. The molecule has 5 heteroatoms. The first-order valence-corrected chi connectivity index (χ1v) is 10.9. The molecular weight excluding hydrogens is 365 g/mol. The monoisotopic (exact) mass is 391 g/mol. The number of nitrogens with one attached hydrogen (secondary N) is 1. The molecule has 3 rings (SSSR count). The number of halogens is 2. The number of amides is 1. The van der Waals surface area contributed by atoms with Crippen LogP contribution in [-0.2, 0) is 22.5 Å². The predicted octanol–water partition coefficient (Wildman–Crippen LogP) is -2.23. The van der Waals surface area contributed by atoms with Gasteiger partial charge in [0.05, 0.1) is 0 Å². The largest absolute Gasteiger partial charge is 1.00 e. The van der Waals surface area contributed by atoms with Crippen LogP contribution in [0.2, 0.25) is 0 Å². The molecule has 0 spiro atoms. The second kappa shape index (κ2) is 8.00. The van der Waals surface area contributed by atoms with Gasteiger partial charge in [-0.1, -0.05) is 0 Å². The first-order chi connectivity index (χ1) is 9.90.